The van der Waals surface area contributed by atoms with Crippen LogP contribution in [-0.2, 0) is 25.5 Å². The molecule has 2 aliphatic rings. The number of rotatable bonds is 9. The van der Waals surface area contributed by atoms with Gasteiger partial charge in [0.2, 0.25) is 0 Å². The Morgan fingerprint density at radius 2 is 1.80 bits per heavy atom. The molecule has 2 saturated heterocycles. The number of carboxylic acid groups (broad SMARTS) is 1. The minimum Gasteiger partial charge on any atom is -0.478 e. The third-order valence-electron chi connectivity index (χ3n) is 7.27. The molecule has 4 aromatic rings. The van der Waals surface area contributed by atoms with E-state index in [9.17, 15) is 23.9 Å². The number of ether oxygens (including phenoxy) is 3. The molecule has 2 aliphatic heterocycles. The van der Waals surface area contributed by atoms with Crippen LogP contribution in [0.1, 0.15) is 34.6 Å². The molecule has 5 atom stereocenters. The molecule has 0 aliphatic carbocycles. The van der Waals surface area contributed by atoms with Gasteiger partial charge in [0.15, 0.2) is 35.6 Å². The molecule has 2 aromatic heterocycles. The van der Waals surface area contributed by atoms with Crippen molar-refractivity contribution in [3.05, 3.63) is 89.8 Å². The molecule has 4 heterocycles. The normalized spacial score (nSPS) is 22.4. The number of urea groups is 1. The Balaban J connectivity index is 1.28. The predicted octanol–water partition coefficient (Wildman–Crippen LogP) is 2.84. The highest BCUT2D eigenvalue weighted by molar-refractivity contribution is 5.95. The summed E-state index contributed by atoms with van der Waals surface area (Å²) < 4.78 is 34.6. The van der Waals surface area contributed by atoms with E-state index in [1.54, 1.807) is 17.6 Å². The summed E-state index contributed by atoms with van der Waals surface area (Å²) in [5.74, 6) is -2.60. The van der Waals surface area contributed by atoms with Crippen LogP contribution in [0.3, 0.4) is 0 Å². The average Bonchev–Trinajstić information content (AvgIpc) is 3.74. The van der Waals surface area contributed by atoms with Crippen LogP contribution in [-0.4, -0.2) is 73.7 Å². The number of imidazole rings is 1. The van der Waals surface area contributed by atoms with Gasteiger partial charge in [-0.1, -0.05) is 42.5 Å². The summed E-state index contributed by atoms with van der Waals surface area (Å²) in [6.45, 7) is 1.78. The fourth-order valence-corrected chi connectivity index (χ4v) is 5.21. The van der Waals surface area contributed by atoms with Crippen molar-refractivity contribution in [3.63, 3.8) is 0 Å². The number of halogens is 1. The number of aromatic carboxylic acids is 1. The lowest BCUT2D eigenvalue weighted by Gasteiger charge is -2.20. The molecule has 0 saturated carbocycles. The van der Waals surface area contributed by atoms with Gasteiger partial charge in [0.25, 0.3) is 5.91 Å². The summed E-state index contributed by atoms with van der Waals surface area (Å²) in [7, 11) is 0. The van der Waals surface area contributed by atoms with Gasteiger partial charge >= 0.3 is 12.0 Å². The zero-order valence-electron chi connectivity index (χ0n) is 23.8. The smallest absolute Gasteiger partial charge is 0.336 e. The Bertz CT molecular complexity index is 1770. The van der Waals surface area contributed by atoms with Crippen molar-refractivity contribution in [2.45, 2.75) is 44.3 Å². The van der Waals surface area contributed by atoms with Gasteiger partial charge in [-0.2, -0.15) is 0 Å². The number of carboxylic acids is 1. The van der Waals surface area contributed by atoms with Crippen molar-refractivity contribution in [1.29, 1.82) is 0 Å². The minimum atomic E-state index is -1.33. The quantitative estimate of drug-likeness (QED) is 0.218. The molecule has 45 heavy (non-hydrogen) atoms. The van der Waals surface area contributed by atoms with E-state index in [1.807, 2.05) is 36.4 Å². The van der Waals surface area contributed by atoms with Crippen LogP contribution >= 0.6 is 0 Å². The highest BCUT2D eigenvalue weighted by Gasteiger charge is 2.56. The third-order valence-corrected chi connectivity index (χ3v) is 7.27. The van der Waals surface area contributed by atoms with E-state index in [0.717, 1.165) is 11.6 Å². The first-order valence-electron chi connectivity index (χ1n) is 14.0. The molecule has 2 fully saturated rings. The van der Waals surface area contributed by atoms with Crippen molar-refractivity contribution in [2.75, 3.05) is 11.9 Å². The number of hydrogen-bond donors (Lipinski definition) is 4. The Kier molecular flexibility index (Phi) is 8.46. The number of carbonyl (C=O) groups excluding carboxylic acids is 2. The van der Waals surface area contributed by atoms with Gasteiger partial charge < -0.3 is 30.0 Å². The van der Waals surface area contributed by atoms with Crippen LogP contribution in [0.15, 0.2) is 67.3 Å². The number of aromatic nitrogens is 4. The molecule has 15 heteroatoms. The second-order valence-electron chi connectivity index (χ2n) is 10.1. The number of hydrogen-bond acceptors (Lipinski definition) is 9. The fourth-order valence-electron chi connectivity index (χ4n) is 5.21. The van der Waals surface area contributed by atoms with Gasteiger partial charge in [0.1, 0.15) is 24.4 Å². The molecule has 232 valence electrons. The molecule has 2 aromatic carbocycles. The first kappa shape index (κ1) is 29.8. The molecule has 4 unspecified atom stereocenters. The van der Waals surface area contributed by atoms with Crippen molar-refractivity contribution in [2.24, 2.45) is 0 Å². The molecular formula is C30H28FN7O7. The van der Waals surface area contributed by atoms with E-state index in [4.69, 9.17) is 14.2 Å². The van der Waals surface area contributed by atoms with E-state index in [0.29, 0.717) is 12.2 Å². The van der Waals surface area contributed by atoms with Gasteiger partial charge in [-0.15, -0.1) is 0 Å². The van der Waals surface area contributed by atoms with E-state index < -0.39 is 61.1 Å². The number of carbonyl (C=O) groups is 3. The molecule has 3 amide bonds. The van der Waals surface area contributed by atoms with E-state index >= 15 is 0 Å². The molecule has 4 N–H and O–H groups in total. The van der Waals surface area contributed by atoms with Crippen LogP contribution in [0, 0.1) is 5.82 Å². The van der Waals surface area contributed by atoms with Crippen molar-refractivity contribution < 1.29 is 38.1 Å². The number of nitrogens with zero attached hydrogens (tertiary/aromatic N) is 4. The van der Waals surface area contributed by atoms with E-state index in [-0.39, 0.29) is 22.5 Å². The second kappa shape index (κ2) is 12.8. The van der Waals surface area contributed by atoms with Gasteiger partial charge in [-0.25, -0.2) is 28.9 Å². The maximum atomic E-state index is 14.5. The Labute approximate surface area is 255 Å². The lowest BCUT2D eigenvalue weighted by Crippen LogP contribution is -2.42. The van der Waals surface area contributed by atoms with E-state index in [1.165, 1.54) is 24.8 Å². The maximum absolute atomic E-state index is 14.5. The van der Waals surface area contributed by atoms with Crippen molar-refractivity contribution in [1.82, 2.24) is 30.2 Å². The van der Waals surface area contributed by atoms with Crippen molar-refractivity contribution >= 4 is 41.0 Å². The number of fused-ring (bicyclic) bond motifs is 2. The molecular weight excluding hydrogens is 589 g/mol. The largest absolute Gasteiger partial charge is 0.478 e. The zero-order chi connectivity index (χ0) is 31.5. The fraction of sp³-hybridized carbons (Fsp3) is 0.267. The highest BCUT2D eigenvalue weighted by Crippen LogP contribution is 2.41. The highest BCUT2D eigenvalue weighted by atomic mass is 19.1. The first-order valence-corrected chi connectivity index (χ1v) is 14.0. The Morgan fingerprint density at radius 1 is 1.00 bits per heavy atom. The van der Waals surface area contributed by atoms with E-state index in [2.05, 4.69) is 30.9 Å². The summed E-state index contributed by atoms with van der Waals surface area (Å²) in [5, 5.41) is 17.3. The third kappa shape index (κ3) is 6.08. The summed E-state index contributed by atoms with van der Waals surface area (Å²) in [6.07, 6.45) is 1.45. The SMILES string of the molecule is CCNC(=O)Nc1ncnc2c1ncn2C1OC(C(=O)NCc2c(F)cccc2C(=O)O)C2O[C@H](/C=C/c3ccccc3)OC21. The number of nitrogens with one attached hydrogen (secondary N) is 3. The van der Waals surface area contributed by atoms with Gasteiger partial charge in [-0.3, -0.25) is 14.7 Å². The molecule has 6 rings (SSSR count). The summed E-state index contributed by atoms with van der Waals surface area (Å²) in [5.41, 5.74) is 1.03. The summed E-state index contributed by atoms with van der Waals surface area (Å²) >= 11 is 0. The molecule has 0 radical (unpaired) electrons. The monoisotopic (exact) mass is 617 g/mol. The second-order valence-corrected chi connectivity index (χ2v) is 10.1. The topological polar surface area (TPSA) is 179 Å². The Hall–Kier alpha value is -5.25. The Morgan fingerprint density at radius 3 is 2.58 bits per heavy atom. The van der Waals surface area contributed by atoms with Gasteiger partial charge in [0.05, 0.1) is 11.9 Å². The summed E-state index contributed by atoms with van der Waals surface area (Å²) in [4.78, 5) is 50.1. The summed E-state index contributed by atoms with van der Waals surface area (Å²) in [6, 6.07) is 12.7. The van der Waals surface area contributed by atoms with Crippen LogP contribution < -0.4 is 16.0 Å². The predicted molar refractivity (Wildman–Crippen MR) is 156 cm³/mol. The standard InChI is InChI=1S/C30H28FN7O7/c1-2-32-30(42)37-25-21-26(35-14-34-25)38(15-36-21)28-24-22(43-20(44-24)12-11-16-7-4-3-5-8-16)23(45-28)27(39)33-13-18-17(29(40)41)9-6-10-19(18)31/h3-12,14-15,20,22-24,28H,2,13H2,1H3,(H,33,39)(H,40,41)(H2,32,34,35,37,42)/b12-11+/t20-,22?,23?,24?,28?/m0/s1. The van der Waals surface area contributed by atoms with Gasteiger partial charge in [-0.05, 0) is 30.7 Å². The van der Waals surface area contributed by atoms with Crippen LogP contribution in [0.4, 0.5) is 15.0 Å². The van der Waals surface area contributed by atoms with Crippen LogP contribution in [0.2, 0.25) is 0 Å². The molecule has 0 spiro atoms. The first-order chi connectivity index (χ1) is 21.8. The molecule has 0 bridgehead atoms. The molecule has 14 nitrogen and oxygen atoms in total. The van der Waals surface area contributed by atoms with Gasteiger partial charge in [0, 0.05) is 18.7 Å². The van der Waals surface area contributed by atoms with Crippen molar-refractivity contribution in [3.8, 4) is 0 Å². The van der Waals surface area contributed by atoms with Crippen LogP contribution in [0.5, 0.6) is 0 Å². The number of benzene rings is 2. The van der Waals surface area contributed by atoms with Crippen LogP contribution in [0.25, 0.3) is 17.2 Å². The zero-order valence-corrected chi connectivity index (χ0v) is 23.8. The maximum Gasteiger partial charge on any atom is 0.336 e. The average molecular weight is 618 g/mol. The minimum absolute atomic E-state index is 0.167. The number of anilines is 1. The number of amides is 3. The lowest BCUT2D eigenvalue weighted by molar-refractivity contribution is -0.152. The lowest BCUT2D eigenvalue weighted by atomic mass is 10.1.